The molecule has 0 radical (unpaired) electrons. The highest BCUT2D eigenvalue weighted by molar-refractivity contribution is 5.51. The number of anilines is 1. The molecule has 0 aliphatic heterocycles. The zero-order valence-corrected chi connectivity index (χ0v) is 10.3. The Morgan fingerprint density at radius 3 is 2.44 bits per heavy atom. The Morgan fingerprint density at radius 2 is 1.67 bits per heavy atom. The molecule has 0 saturated carbocycles. The second-order valence-electron chi connectivity index (χ2n) is 4.05. The Balaban J connectivity index is 1.66. The summed E-state index contributed by atoms with van der Waals surface area (Å²) in [6, 6.07) is 17.8. The number of nitrogens with two attached hydrogens (primary N) is 1. The average molecular weight is 242 g/mol. The Bertz CT molecular complexity index is 471. The van der Waals surface area contributed by atoms with Gasteiger partial charge in [0, 0.05) is 13.1 Å². The quantitative estimate of drug-likeness (QED) is 0.604. The van der Waals surface area contributed by atoms with Crippen LogP contribution < -0.4 is 15.8 Å². The second-order valence-corrected chi connectivity index (χ2v) is 4.05. The van der Waals surface area contributed by atoms with Crippen molar-refractivity contribution in [1.82, 2.24) is 5.32 Å². The molecule has 0 spiro atoms. The molecule has 3 N–H and O–H groups in total. The first-order valence-electron chi connectivity index (χ1n) is 6.08. The van der Waals surface area contributed by atoms with Crippen LogP contribution in [0.3, 0.4) is 0 Å². The maximum Gasteiger partial charge on any atom is 0.142 e. The third-order valence-electron chi connectivity index (χ3n) is 2.63. The monoisotopic (exact) mass is 242 g/mol. The van der Waals surface area contributed by atoms with Gasteiger partial charge < -0.3 is 15.8 Å². The van der Waals surface area contributed by atoms with Gasteiger partial charge in [-0.3, -0.25) is 0 Å². The SMILES string of the molecule is Nc1ccccc1OCCNCc1ccccc1. The van der Waals surface area contributed by atoms with Crippen LogP contribution in [0.25, 0.3) is 0 Å². The van der Waals surface area contributed by atoms with Gasteiger partial charge >= 0.3 is 0 Å². The normalized spacial score (nSPS) is 10.2. The van der Waals surface area contributed by atoms with Gasteiger partial charge in [0.05, 0.1) is 5.69 Å². The van der Waals surface area contributed by atoms with Gasteiger partial charge in [-0.25, -0.2) is 0 Å². The van der Waals surface area contributed by atoms with Gasteiger partial charge in [0.25, 0.3) is 0 Å². The highest BCUT2D eigenvalue weighted by atomic mass is 16.5. The molecule has 2 aromatic carbocycles. The Kier molecular flexibility index (Phi) is 4.61. The molecular formula is C15H18N2O. The summed E-state index contributed by atoms with van der Waals surface area (Å²) in [4.78, 5) is 0. The first-order valence-corrected chi connectivity index (χ1v) is 6.08. The smallest absolute Gasteiger partial charge is 0.142 e. The van der Waals surface area contributed by atoms with E-state index in [-0.39, 0.29) is 0 Å². The first kappa shape index (κ1) is 12.5. The van der Waals surface area contributed by atoms with E-state index < -0.39 is 0 Å². The van der Waals surface area contributed by atoms with E-state index in [1.165, 1.54) is 5.56 Å². The zero-order chi connectivity index (χ0) is 12.6. The van der Waals surface area contributed by atoms with Crippen molar-refractivity contribution in [1.29, 1.82) is 0 Å². The second kappa shape index (κ2) is 6.67. The fraction of sp³-hybridized carbons (Fsp3) is 0.200. The Hall–Kier alpha value is -2.00. The summed E-state index contributed by atoms with van der Waals surface area (Å²) in [5.41, 5.74) is 7.74. The molecule has 0 heterocycles. The van der Waals surface area contributed by atoms with Crippen LogP contribution in [-0.4, -0.2) is 13.2 Å². The fourth-order valence-corrected chi connectivity index (χ4v) is 1.67. The van der Waals surface area contributed by atoms with Crippen LogP contribution in [0, 0.1) is 0 Å². The predicted octanol–water partition coefficient (Wildman–Crippen LogP) is 2.44. The lowest BCUT2D eigenvalue weighted by atomic mass is 10.2. The maximum absolute atomic E-state index is 5.78. The van der Waals surface area contributed by atoms with Crippen LogP contribution in [0.5, 0.6) is 5.75 Å². The molecule has 0 unspecified atom stereocenters. The highest BCUT2D eigenvalue weighted by Gasteiger charge is 1.97. The van der Waals surface area contributed by atoms with E-state index in [9.17, 15) is 0 Å². The minimum Gasteiger partial charge on any atom is -0.490 e. The lowest BCUT2D eigenvalue weighted by Gasteiger charge is -2.09. The third-order valence-corrected chi connectivity index (χ3v) is 2.63. The third kappa shape index (κ3) is 3.79. The predicted molar refractivity (Wildman–Crippen MR) is 74.5 cm³/mol. The first-order chi connectivity index (χ1) is 8.86. The van der Waals surface area contributed by atoms with E-state index in [1.807, 2.05) is 42.5 Å². The minimum absolute atomic E-state index is 0.612. The Morgan fingerprint density at radius 1 is 0.944 bits per heavy atom. The van der Waals surface area contributed by atoms with Crippen molar-refractivity contribution in [3.05, 3.63) is 60.2 Å². The molecule has 0 saturated heterocycles. The number of hydrogen-bond donors (Lipinski definition) is 2. The molecule has 94 valence electrons. The molecule has 2 aromatic rings. The van der Waals surface area contributed by atoms with Crippen molar-refractivity contribution in [3.63, 3.8) is 0 Å². The lowest BCUT2D eigenvalue weighted by Crippen LogP contribution is -2.20. The zero-order valence-electron chi connectivity index (χ0n) is 10.3. The largest absolute Gasteiger partial charge is 0.490 e. The number of nitrogen functional groups attached to an aromatic ring is 1. The van der Waals surface area contributed by atoms with Crippen molar-refractivity contribution >= 4 is 5.69 Å². The van der Waals surface area contributed by atoms with Gasteiger partial charge in [0.15, 0.2) is 0 Å². The summed E-state index contributed by atoms with van der Waals surface area (Å²) in [5.74, 6) is 0.749. The highest BCUT2D eigenvalue weighted by Crippen LogP contribution is 2.19. The molecular weight excluding hydrogens is 224 g/mol. The van der Waals surface area contributed by atoms with Gasteiger partial charge in [-0.1, -0.05) is 42.5 Å². The van der Waals surface area contributed by atoms with Gasteiger partial charge in [-0.2, -0.15) is 0 Å². The van der Waals surface area contributed by atoms with Crippen LogP contribution in [0.1, 0.15) is 5.56 Å². The van der Waals surface area contributed by atoms with Crippen molar-refractivity contribution in [3.8, 4) is 5.75 Å². The molecule has 0 fully saturated rings. The molecule has 3 nitrogen and oxygen atoms in total. The van der Waals surface area contributed by atoms with E-state index >= 15 is 0 Å². The van der Waals surface area contributed by atoms with E-state index in [2.05, 4.69) is 17.4 Å². The van der Waals surface area contributed by atoms with Crippen molar-refractivity contribution in [2.75, 3.05) is 18.9 Å². The average Bonchev–Trinajstić information content (AvgIpc) is 2.42. The lowest BCUT2D eigenvalue weighted by molar-refractivity contribution is 0.315. The molecule has 0 aromatic heterocycles. The molecule has 0 atom stereocenters. The number of para-hydroxylation sites is 2. The van der Waals surface area contributed by atoms with Crippen LogP contribution in [0.2, 0.25) is 0 Å². The number of nitrogens with one attached hydrogen (secondary N) is 1. The van der Waals surface area contributed by atoms with Crippen molar-refractivity contribution in [2.24, 2.45) is 0 Å². The van der Waals surface area contributed by atoms with E-state index in [0.717, 1.165) is 18.8 Å². The number of benzene rings is 2. The molecule has 18 heavy (non-hydrogen) atoms. The summed E-state index contributed by atoms with van der Waals surface area (Å²) in [6.45, 7) is 2.26. The summed E-state index contributed by atoms with van der Waals surface area (Å²) in [6.07, 6.45) is 0. The van der Waals surface area contributed by atoms with Crippen LogP contribution >= 0.6 is 0 Å². The summed E-state index contributed by atoms with van der Waals surface area (Å²) in [5, 5.41) is 3.33. The summed E-state index contributed by atoms with van der Waals surface area (Å²) < 4.78 is 5.59. The molecule has 2 rings (SSSR count). The van der Waals surface area contributed by atoms with Crippen LogP contribution in [0.15, 0.2) is 54.6 Å². The topological polar surface area (TPSA) is 47.3 Å². The number of ether oxygens (including phenoxy) is 1. The number of rotatable bonds is 6. The van der Waals surface area contributed by atoms with Gasteiger partial charge in [0.2, 0.25) is 0 Å². The van der Waals surface area contributed by atoms with Gasteiger partial charge in [-0.15, -0.1) is 0 Å². The van der Waals surface area contributed by atoms with Crippen molar-refractivity contribution < 1.29 is 4.74 Å². The fourth-order valence-electron chi connectivity index (χ4n) is 1.67. The van der Waals surface area contributed by atoms with Gasteiger partial charge in [-0.05, 0) is 17.7 Å². The number of hydrogen-bond acceptors (Lipinski definition) is 3. The van der Waals surface area contributed by atoms with Crippen LogP contribution in [0.4, 0.5) is 5.69 Å². The molecule has 0 amide bonds. The summed E-state index contributed by atoms with van der Waals surface area (Å²) >= 11 is 0. The molecule has 0 aliphatic rings. The van der Waals surface area contributed by atoms with Crippen LogP contribution in [-0.2, 0) is 6.54 Å². The van der Waals surface area contributed by atoms with Crippen molar-refractivity contribution in [2.45, 2.75) is 6.54 Å². The molecule has 0 aliphatic carbocycles. The Labute approximate surface area is 108 Å². The summed E-state index contributed by atoms with van der Waals surface area (Å²) in [7, 11) is 0. The van der Waals surface area contributed by atoms with E-state index in [1.54, 1.807) is 0 Å². The minimum atomic E-state index is 0.612. The maximum atomic E-state index is 5.78. The van der Waals surface area contributed by atoms with E-state index in [0.29, 0.717) is 12.3 Å². The van der Waals surface area contributed by atoms with Gasteiger partial charge in [0.1, 0.15) is 12.4 Å². The molecule has 3 heteroatoms. The van der Waals surface area contributed by atoms with E-state index in [4.69, 9.17) is 10.5 Å². The molecule has 0 bridgehead atoms. The standard InChI is InChI=1S/C15H18N2O/c16-14-8-4-5-9-15(14)18-11-10-17-12-13-6-2-1-3-7-13/h1-9,17H,10-12,16H2.